The lowest BCUT2D eigenvalue weighted by Gasteiger charge is -2.51. The summed E-state index contributed by atoms with van der Waals surface area (Å²) in [6.45, 7) is 8.09. The third-order valence-electron chi connectivity index (χ3n) is 7.00. The summed E-state index contributed by atoms with van der Waals surface area (Å²) in [7, 11) is 1.61. The van der Waals surface area contributed by atoms with E-state index in [1.807, 2.05) is 19.1 Å². The van der Waals surface area contributed by atoms with E-state index in [2.05, 4.69) is 18.0 Å². The fourth-order valence-corrected chi connectivity index (χ4v) is 5.72. The van der Waals surface area contributed by atoms with Crippen LogP contribution in [0.3, 0.4) is 0 Å². The number of nitrogens with two attached hydrogens (primary N) is 1. The number of hydrogen-bond acceptors (Lipinski definition) is 5. The van der Waals surface area contributed by atoms with E-state index in [0.717, 1.165) is 28.7 Å². The summed E-state index contributed by atoms with van der Waals surface area (Å²) in [6, 6.07) is 5.32. The number of fused-ring (bicyclic) bond motifs is 3. The molecule has 0 heterocycles. The number of rotatable bonds is 2. The quantitative estimate of drug-likeness (QED) is 0.571. The average Bonchev–Trinajstić information content (AvgIpc) is 2.65. The number of aliphatic hydroxyl groups is 2. The van der Waals surface area contributed by atoms with Gasteiger partial charge < -0.3 is 21.3 Å². The maximum Gasteiger partial charge on any atom is 0.255 e. The first-order valence-corrected chi connectivity index (χ1v) is 9.81. The topological polar surface area (TPSA) is 113 Å². The zero-order chi connectivity index (χ0) is 21.2. The van der Waals surface area contributed by atoms with Crippen molar-refractivity contribution in [3.8, 4) is 0 Å². The van der Waals surface area contributed by atoms with Gasteiger partial charge in [-0.25, -0.2) is 0 Å². The summed E-state index contributed by atoms with van der Waals surface area (Å²) >= 11 is 0. The molecule has 152 valence electrons. The summed E-state index contributed by atoms with van der Waals surface area (Å²) in [5.74, 6) is -2.81. The summed E-state index contributed by atoms with van der Waals surface area (Å²) in [5.41, 5.74) is 8.62. The molecule has 6 heteroatoms. The monoisotopic (exact) mass is 394 g/mol. The van der Waals surface area contributed by atoms with Gasteiger partial charge in [0.1, 0.15) is 16.9 Å². The van der Waals surface area contributed by atoms with E-state index in [4.69, 9.17) is 5.73 Å². The van der Waals surface area contributed by atoms with Gasteiger partial charge in [-0.1, -0.05) is 24.8 Å². The first-order valence-electron chi connectivity index (χ1n) is 9.81. The van der Waals surface area contributed by atoms with Gasteiger partial charge in [0.15, 0.2) is 5.78 Å². The van der Waals surface area contributed by atoms with E-state index in [-0.39, 0.29) is 5.92 Å². The van der Waals surface area contributed by atoms with Crippen molar-refractivity contribution >= 4 is 17.3 Å². The number of ketones is 1. The van der Waals surface area contributed by atoms with Gasteiger partial charge in [-0.15, -0.1) is 0 Å². The molecule has 3 aliphatic rings. The van der Waals surface area contributed by atoms with Gasteiger partial charge in [-0.3, -0.25) is 9.59 Å². The Morgan fingerprint density at radius 3 is 2.66 bits per heavy atom. The molecule has 6 nitrogen and oxygen atoms in total. The molecular formula is C23H26N2O4. The lowest BCUT2D eigenvalue weighted by Crippen LogP contribution is -2.62. The standard InChI is InChI=1S/C23H26N2O4/c1-10-6-5-7-13-8-14-9-15-19(25-4)20(26)18(22(24)28)21(27)23(15,29)12(3)17(14)11(2)16(10)13/h5-7,14-15,19,25,27,29H,2,8-9H2,1,3-4H3,(H2,24,28)/t14?,15?,19-,23+/m0/s1. The Labute approximate surface area is 169 Å². The lowest BCUT2D eigenvalue weighted by atomic mass is 9.56. The molecule has 0 saturated carbocycles. The number of amides is 1. The molecule has 1 amide bonds. The number of carbonyl (C=O) groups is 2. The average molecular weight is 394 g/mol. The van der Waals surface area contributed by atoms with Crippen LogP contribution in [0.25, 0.3) is 5.57 Å². The van der Waals surface area contributed by atoms with E-state index >= 15 is 0 Å². The Kier molecular flexibility index (Phi) is 4.33. The number of primary amides is 1. The first kappa shape index (κ1) is 19.6. The van der Waals surface area contributed by atoms with Crippen molar-refractivity contribution in [1.82, 2.24) is 5.32 Å². The lowest BCUT2D eigenvalue weighted by molar-refractivity contribution is -0.129. The smallest absolute Gasteiger partial charge is 0.255 e. The Morgan fingerprint density at radius 1 is 1.34 bits per heavy atom. The minimum Gasteiger partial charge on any atom is -0.508 e. The van der Waals surface area contributed by atoms with Gasteiger partial charge in [-0.05, 0) is 73.1 Å². The van der Waals surface area contributed by atoms with Gasteiger partial charge in [0.05, 0.1) is 6.04 Å². The highest BCUT2D eigenvalue weighted by Crippen LogP contribution is 2.54. The SMILES string of the molecule is C=C1C2=C(C)[C@]3(O)C(O)=C(C(N)=O)C(=O)[C@@H](NC)C3CC2Cc2cccc(C)c21. The highest BCUT2D eigenvalue weighted by atomic mass is 16.3. The molecule has 1 aromatic rings. The van der Waals surface area contributed by atoms with Crippen molar-refractivity contribution in [2.24, 2.45) is 17.6 Å². The molecule has 0 radical (unpaired) electrons. The van der Waals surface area contributed by atoms with Crippen molar-refractivity contribution in [3.05, 3.63) is 63.9 Å². The molecule has 0 saturated heterocycles. The number of carbonyl (C=O) groups excluding carboxylic acids is 2. The van der Waals surface area contributed by atoms with Crippen LogP contribution < -0.4 is 11.1 Å². The molecule has 4 atom stereocenters. The number of likely N-dealkylation sites (N-methyl/N-ethyl adjacent to an activating group) is 1. The van der Waals surface area contributed by atoms with E-state index in [0.29, 0.717) is 12.0 Å². The maximum atomic E-state index is 12.9. The number of allylic oxidation sites excluding steroid dienone is 2. The molecule has 5 N–H and O–H groups in total. The maximum absolute atomic E-state index is 12.9. The van der Waals surface area contributed by atoms with E-state index in [9.17, 15) is 19.8 Å². The van der Waals surface area contributed by atoms with Crippen LogP contribution in [0.1, 0.15) is 30.0 Å². The van der Waals surface area contributed by atoms with Gasteiger partial charge in [0.2, 0.25) is 0 Å². The molecule has 0 aromatic heterocycles. The second-order valence-corrected chi connectivity index (χ2v) is 8.35. The predicted octanol–water partition coefficient (Wildman–Crippen LogP) is 1.72. The van der Waals surface area contributed by atoms with Crippen LogP contribution in [0, 0.1) is 18.8 Å². The summed E-state index contributed by atoms with van der Waals surface area (Å²) in [6.07, 6.45) is 1.25. The molecule has 0 bridgehead atoms. The highest BCUT2D eigenvalue weighted by Gasteiger charge is 2.59. The second kappa shape index (κ2) is 6.40. The number of hydrogen-bond donors (Lipinski definition) is 4. The first-order chi connectivity index (χ1) is 13.6. The van der Waals surface area contributed by atoms with E-state index < -0.39 is 40.6 Å². The normalized spacial score (nSPS) is 31.4. The minimum atomic E-state index is -1.85. The molecule has 0 spiro atoms. The number of aryl methyl sites for hydroxylation is 1. The zero-order valence-corrected chi connectivity index (χ0v) is 16.9. The Hall–Kier alpha value is -2.70. The summed E-state index contributed by atoms with van der Waals surface area (Å²) in [4.78, 5) is 24.8. The molecule has 3 aliphatic carbocycles. The predicted molar refractivity (Wildman–Crippen MR) is 110 cm³/mol. The van der Waals surface area contributed by atoms with Crippen LogP contribution in [0.15, 0.2) is 47.3 Å². The van der Waals surface area contributed by atoms with Crippen molar-refractivity contribution in [1.29, 1.82) is 0 Å². The van der Waals surface area contributed by atoms with Crippen LogP contribution in [-0.4, -0.2) is 40.6 Å². The fourth-order valence-electron chi connectivity index (χ4n) is 5.72. The largest absolute Gasteiger partial charge is 0.508 e. The van der Waals surface area contributed by atoms with Crippen LogP contribution in [0.4, 0.5) is 0 Å². The third-order valence-corrected chi connectivity index (χ3v) is 7.00. The molecule has 4 rings (SSSR count). The summed E-state index contributed by atoms with van der Waals surface area (Å²) in [5, 5.41) is 25.6. The van der Waals surface area contributed by atoms with Crippen molar-refractivity contribution < 1.29 is 19.8 Å². The molecule has 29 heavy (non-hydrogen) atoms. The Morgan fingerprint density at radius 2 is 2.03 bits per heavy atom. The number of aliphatic hydroxyl groups excluding tert-OH is 1. The minimum absolute atomic E-state index is 0.0636. The number of Topliss-reactive ketones (excluding diaryl/α,β-unsaturated/α-hetero) is 1. The van der Waals surface area contributed by atoms with Crippen LogP contribution in [0.2, 0.25) is 0 Å². The fraction of sp³-hybridized carbons (Fsp3) is 0.391. The van der Waals surface area contributed by atoms with Gasteiger partial charge >= 0.3 is 0 Å². The van der Waals surface area contributed by atoms with Crippen LogP contribution in [0.5, 0.6) is 0 Å². The van der Waals surface area contributed by atoms with Gasteiger partial charge in [0.25, 0.3) is 5.91 Å². The van der Waals surface area contributed by atoms with Crippen LogP contribution in [-0.2, 0) is 16.0 Å². The van der Waals surface area contributed by atoms with E-state index in [1.54, 1.807) is 14.0 Å². The van der Waals surface area contributed by atoms with Crippen molar-refractivity contribution in [2.45, 2.75) is 38.3 Å². The highest BCUT2D eigenvalue weighted by molar-refractivity contribution is 6.22. The number of nitrogens with one attached hydrogen (secondary N) is 1. The van der Waals surface area contributed by atoms with Crippen molar-refractivity contribution in [3.63, 3.8) is 0 Å². The van der Waals surface area contributed by atoms with Gasteiger partial charge in [-0.2, -0.15) is 0 Å². The summed E-state index contributed by atoms with van der Waals surface area (Å²) < 4.78 is 0. The van der Waals surface area contributed by atoms with Gasteiger partial charge in [0, 0.05) is 5.92 Å². The number of benzene rings is 1. The Balaban J connectivity index is 1.99. The molecule has 2 unspecified atom stereocenters. The molecular weight excluding hydrogens is 368 g/mol. The zero-order valence-electron chi connectivity index (χ0n) is 16.9. The van der Waals surface area contributed by atoms with E-state index in [1.165, 1.54) is 5.56 Å². The second-order valence-electron chi connectivity index (χ2n) is 8.35. The van der Waals surface area contributed by atoms with Crippen molar-refractivity contribution in [2.75, 3.05) is 7.05 Å². The third kappa shape index (κ3) is 2.42. The Bertz CT molecular complexity index is 1040. The van der Waals surface area contributed by atoms with Crippen LogP contribution >= 0.6 is 0 Å². The molecule has 0 aliphatic heterocycles. The molecule has 1 aromatic carbocycles. The molecule has 0 fully saturated rings.